The molecular weight excluding hydrogens is 250 g/mol. The van der Waals surface area contributed by atoms with E-state index in [0.717, 1.165) is 0 Å². The first kappa shape index (κ1) is 12.8. The van der Waals surface area contributed by atoms with E-state index in [2.05, 4.69) is 0 Å². The van der Waals surface area contributed by atoms with Gasteiger partial charge >= 0.3 is 11.9 Å². The number of rotatable bonds is 3. The van der Waals surface area contributed by atoms with Gasteiger partial charge in [-0.05, 0) is 17.7 Å². The summed E-state index contributed by atoms with van der Waals surface area (Å²) in [5.41, 5.74) is 0.0825. The maximum atomic E-state index is 12.0. The van der Waals surface area contributed by atoms with Crippen molar-refractivity contribution < 1.29 is 19.8 Å². The number of hydrogen-bond acceptors (Lipinski definition) is 3. The summed E-state index contributed by atoms with van der Waals surface area (Å²) in [4.78, 5) is 33.6. The highest BCUT2D eigenvalue weighted by atomic mass is 16.4. The summed E-state index contributed by atoms with van der Waals surface area (Å²) >= 11 is 0. The van der Waals surface area contributed by atoms with Gasteiger partial charge in [0.25, 0.3) is 0 Å². The van der Waals surface area contributed by atoms with Crippen LogP contribution in [-0.4, -0.2) is 26.7 Å². The Balaban J connectivity index is 2.76. The largest absolute Gasteiger partial charge is 0.481 e. The molecule has 1 heterocycles. The van der Waals surface area contributed by atoms with Crippen molar-refractivity contribution in [3.05, 3.63) is 45.7 Å². The van der Waals surface area contributed by atoms with Gasteiger partial charge in [-0.15, -0.1) is 0 Å². The van der Waals surface area contributed by atoms with Crippen LogP contribution in [0.5, 0.6) is 0 Å². The third-order valence-electron chi connectivity index (χ3n) is 2.84. The van der Waals surface area contributed by atoms with Crippen LogP contribution < -0.4 is 5.43 Å². The van der Waals surface area contributed by atoms with Crippen LogP contribution in [0.2, 0.25) is 0 Å². The molecule has 1 aromatic carbocycles. The summed E-state index contributed by atoms with van der Waals surface area (Å²) < 4.78 is 1.53. The molecule has 0 aliphatic heterocycles. The van der Waals surface area contributed by atoms with Crippen LogP contribution in [0, 0.1) is 0 Å². The number of nitrogens with zero attached hydrogens (tertiary/aromatic N) is 1. The van der Waals surface area contributed by atoms with E-state index >= 15 is 0 Å². The van der Waals surface area contributed by atoms with Crippen molar-refractivity contribution in [3.8, 4) is 0 Å². The second-order valence-electron chi connectivity index (χ2n) is 4.21. The summed E-state index contributed by atoms with van der Waals surface area (Å²) in [6.45, 7) is 0. The van der Waals surface area contributed by atoms with E-state index < -0.39 is 17.4 Å². The zero-order valence-electron chi connectivity index (χ0n) is 10.1. The summed E-state index contributed by atoms with van der Waals surface area (Å²) in [6.07, 6.45) is 1.04. The van der Waals surface area contributed by atoms with Crippen LogP contribution in [-0.2, 0) is 18.3 Å². The van der Waals surface area contributed by atoms with E-state index in [-0.39, 0.29) is 17.4 Å². The molecule has 0 bridgehead atoms. The topological polar surface area (TPSA) is 96.6 Å². The number of aromatic carboxylic acids is 1. The Labute approximate surface area is 107 Å². The Kier molecular flexibility index (Phi) is 3.08. The molecule has 0 aliphatic carbocycles. The van der Waals surface area contributed by atoms with Crippen LogP contribution >= 0.6 is 0 Å². The lowest BCUT2D eigenvalue weighted by Gasteiger charge is -2.08. The standard InChI is InChI=1S/C13H11NO5/c1-14-6-9(13(18)19)12(17)8-4-7(5-11(15)16)2-3-10(8)14/h2-4,6H,5H2,1H3,(H,15,16)(H,18,19). The lowest BCUT2D eigenvalue weighted by Crippen LogP contribution is -2.18. The SMILES string of the molecule is Cn1cc(C(=O)O)c(=O)c2cc(CC(=O)O)ccc21. The maximum Gasteiger partial charge on any atom is 0.341 e. The average Bonchev–Trinajstić information content (AvgIpc) is 2.32. The molecular formula is C13H11NO5. The Morgan fingerprint density at radius 1 is 1.26 bits per heavy atom. The quantitative estimate of drug-likeness (QED) is 0.854. The third kappa shape index (κ3) is 2.33. The second-order valence-corrected chi connectivity index (χ2v) is 4.21. The number of aromatic nitrogens is 1. The molecule has 1 aromatic heterocycles. The molecule has 0 unspecified atom stereocenters. The van der Waals surface area contributed by atoms with Gasteiger partial charge in [-0.3, -0.25) is 9.59 Å². The monoisotopic (exact) mass is 261 g/mol. The molecule has 98 valence electrons. The molecule has 0 radical (unpaired) electrons. The zero-order valence-corrected chi connectivity index (χ0v) is 10.1. The van der Waals surface area contributed by atoms with Crippen molar-refractivity contribution in [2.45, 2.75) is 6.42 Å². The molecule has 0 saturated carbocycles. The molecule has 6 nitrogen and oxygen atoms in total. The van der Waals surface area contributed by atoms with E-state index in [0.29, 0.717) is 11.1 Å². The Hall–Kier alpha value is -2.63. The molecule has 19 heavy (non-hydrogen) atoms. The van der Waals surface area contributed by atoms with E-state index in [1.807, 2.05) is 0 Å². The fourth-order valence-corrected chi connectivity index (χ4v) is 1.98. The van der Waals surface area contributed by atoms with Crippen molar-refractivity contribution in [1.29, 1.82) is 0 Å². The van der Waals surface area contributed by atoms with Gasteiger partial charge in [0.05, 0.1) is 11.9 Å². The van der Waals surface area contributed by atoms with Crippen molar-refractivity contribution >= 4 is 22.8 Å². The zero-order chi connectivity index (χ0) is 14.2. The second kappa shape index (κ2) is 4.56. The van der Waals surface area contributed by atoms with Crippen LogP contribution in [0.4, 0.5) is 0 Å². The molecule has 0 spiro atoms. The van der Waals surface area contributed by atoms with Crippen LogP contribution in [0.1, 0.15) is 15.9 Å². The Morgan fingerprint density at radius 3 is 2.53 bits per heavy atom. The number of fused-ring (bicyclic) bond motifs is 1. The number of carboxylic acid groups (broad SMARTS) is 2. The number of carboxylic acids is 2. The van der Waals surface area contributed by atoms with E-state index in [1.54, 1.807) is 19.2 Å². The first-order valence-electron chi connectivity index (χ1n) is 5.47. The van der Waals surface area contributed by atoms with E-state index in [1.165, 1.54) is 16.8 Å². The fraction of sp³-hybridized carbons (Fsp3) is 0.154. The number of aliphatic carboxylic acids is 1. The van der Waals surface area contributed by atoms with Gasteiger partial charge in [0.15, 0.2) is 0 Å². The fourth-order valence-electron chi connectivity index (χ4n) is 1.98. The minimum Gasteiger partial charge on any atom is -0.481 e. The highest BCUT2D eigenvalue weighted by Gasteiger charge is 2.14. The molecule has 2 rings (SSSR count). The number of pyridine rings is 1. The van der Waals surface area contributed by atoms with Crippen molar-refractivity contribution in [3.63, 3.8) is 0 Å². The summed E-state index contributed by atoms with van der Waals surface area (Å²) in [6, 6.07) is 4.65. The number of benzene rings is 1. The van der Waals surface area contributed by atoms with Crippen molar-refractivity contribution in [2.24, 2.45) is 7.05 Å². The lowest BCUT2D eigenvalue weighted by molar-refractivity contribution is -0.136. The van der Waals surface area contributed by atoms with Gasteiger partial charge in [-0.25, -0.2) is 4.79 Å². The Bertz CT molecular complexity index is 745. The predicted octanol–water partition coefficient (Wildman–Crippen LogP) is 0.864. The lowest BCUT2D eigenvalue weighted by atomic mass is 10.1. The molecule has 2 aromatic rings. The van der Waals surface area contributed by atoms with E-state index in [9.17, 15) is 14.4 Å². The first-order chi connectivity index (χ1) is 8.90. The molecule has 0 atom stereocenters. The molecule has 0 amide bonds. The van der Waals surface area contributed by atoms with Crippen molar-refractivity contribution in [1.82, 2.24) is 4.57 Å². The number of aryl methyl sites for hydroxylation is 1. The third-order valence-corrected chi connectivity index (χ3v) is 2.84. The van der Waals surface area contributed by atoms with Crippen LogP contribution in [0.25, 0.3) is 10.9 Å². The van der Waals surface area contributed by atoms with Crippen molar-refractivity contribution in [2.75, 3.05) is 0 Å². The smallest absolute Gasteiger partial charge is 0.341 e. The van der Waals surface area contributed by atoms with Gasteiger partial charge in [0.2, 0.25) is 5.43 Å². The molecule has 0 aliphatic rings. The molecule has 0 saturated heterocycles. The minimum absolute atomic E-state index is 0.209. The number of carbonyl (C=O) groups is 2. The van der Waals surface area contributed by atoms with Gasteiger partial charge in [0, 0.05) is 18.6 Å². The maximum absolute atomic E-state index is 12.0. The summed E-state index contributed by atoms with van der Waals surface area (Å²) in [7, 11) is 1.63. The highest BCUT2D eigenvalue weighted by Crippen LogP contribution is 2.14. The van der Waals surface area contributed by atoms with E-state index in [4.69, 9.17) is 10.2 Å². The number of hydrogen-bond donors (Lipinski definition) is 2. The summed E-state index contributed by atoms with van der Waals surface area (Å²) in [5, 5.41) is 17.9. The summed E-state index contributed by atoms with van der Waals surface area (Å²) in [5.74, 6) is -2.31. The molecule has 0 fully saturated rings. The van der Waals surface area contributed by atoms with Gasteiger partial charge < -0.3 is 14.8 Å². The van der Waals surface area contributed by atoms with Gasteiger partial charge in [-0.2, -0.15) is 0 Å². The highest BCUT2D eigenvalue weighted by molar-refractivity contribution is 5.92. The average molecular weight is 261 g/mol. The molecule has 6 heteroatoms. The normalized spacial score (nSPS) is 10.6. The van der Waals surface area contributed by atoms with Crippen LogP contribution in [0.15, 0.2) is 29.2 Å². The predicted molar refractivity (Wildman–Crippen MR) is 67.5 cm³/mol. The van der Waals surface area contributed by atoms with Gasteiger partial charge in [0.1, 0.15) is 5.56 Å². The van der Waals surface area contributed by atoms with Gasteiger partial charge in [-0.1, -0.05) is 6.07 Å². The minimum atomic E-state index is -1.30. The first-order valence-corrected chi connectivity index (χ1v) is 5.47. The Morgan fingerprint density at radius 2 is 1.95 bits per heavy atom. The molecule has 2 N–H and O–H groups in total. The van der Waals surface area contributed by atoms with Crippen LogP contribution in [0.3, 0.4) is 0 Å².